The van der Waals surface area contributed by atoms with Crippen LogP contribution < -0.4 is 10.2 Å². The van der Waals surface area contributed by atoms with Crippen molar-refractivity contribution in [3.05, 3.63) is 54.1 Å². The summed E-state index contributed by atoms with van der Waals surface area (Å²) in [5, 5.41) is 15.1. The van der Waals surface area contributed by atoms with Gasteiger partial charge in [-0.25, -0.2) is 0 Å². The van der Waals surface area contributed by atoms with Crippen LogP contribution in [0.2, 0.25) is 5.02 Å². The van der Waals surface area contributed by atoms with Gasteiger partial charge in [0.2, 0.25) is 5.91 Å². The highest BCUT2D eigenvalue weighted by Gasteiger charge is 2.14. The normalized spacial score (nSPS) is 10.5. The molecule has 22 heavy (non-hydrogen) atoms. The topological polar surface area (TPSA) is 94.2 Å². The molecule has 1 amide bonds. The molecule has 0 unspecified atom stereocenters. The Bertz CT molecular complexity index is 784. The molecule has 0 radical (unpaired) electrons. The number of hydrogen-bond donors (Lipinski definition) is 1. The van der Waals surface area contributed by atoms with Gasteiger partial charge in [0.05, 0.1) is 4.92 Å². The van der Waals surface area contributed by atoms with Crippen LogP contribution >= 0.6 is 22.9 Å². The Morgan fingerprint density at radius 2 is 2.23 bits per heavy atom. The van der Waals surface area contributed by atoms with Gasteiger partial charge >= 0.3 is 4.87 Å². The lowest BCUT2D eigenvalue weighted by Gasteiger charge is -2.07. The van der Waals surface area contributed by atoms with Crippen LogP contribution in [0.3, 0.4) is 0 Å². The smallest absolute Gasteiger partial charge is 0.307 e. The number of halogens is 1. The third-order valence-electron chi connectivity index (χ3n) is 2.97. The van der Waals surface area contributed by atoms with Gasteiger partial charge in [0.15, 0.2) is 0 Å². The first kappa shape index (κ1) is 16.2. The molecule has 1 heterocycles. The molecule has 0 aliphatic heterocycles. The Morgan fingerprint density at radius 3 is 2.82 bits per heavy atom. The molecule has 0 atom stereocenters. The number of nitrogens with one attached hydrogen (secondary N) is 1. The second-order valence-corrected chi connectivity index (χ2v) is 5.74. The number of aryl methyl sites for hydroxylation is 1. The quantitative estimate of drug-likeness (QED) is 0.668. The number of rotatable bonds is 5. The van der Waals surface area contributed by atoms with Gasteiger partial charge in [-0.05, 0) is 19.1 Å². The lowest BCUT2D eigenvalue weighted by atomic mass is 10.2. The number of nitrogens with zero attached hydrogens (tertiary/aromatic N) is 2. The number of amides is 1. The van der Waals surface area contributed by atoms with Crippen molar-refractivity contribution < 1.29 is 9.72 Å². The predicted molar refractivity (Wildman–Crippen MR) is 84.7 cm³/mol. The molecule has 0 saturated carbocycles. The number of carbonyl (C=O) groups is 1. The average Bonchev–Trinajstić information content (AvgIpc) is 2.77. The maximum atomic E-state index is 11.9. The van der Waals surface area contributed by atoms with E-state index in [1.54, 1.807) is 12.3 Å². The van der Waals surface area contributed by atoms with Gasteiger partial charge in [-0.15, -0.1) is 0 Å². The first-order valence-electron chi connectivity index (χ1n) is 6.27. The molecular weight excluding hydrogens is 330 g/mol. The highest BCUT2D eigenvalue weighted by Crippen LogP contribution is 2.27. The van der Waals surface area contributed by atoms with Gasteiger partial charge in [0.25, 0.3) is 5.69 Å². The van der Waals surface area contributed by atoms with Crippen molar-refractivity contribution in [2.24, 2.45) is 0 Å². The maximum absolute atomic E-state index is 11.9. The van der Waals surface area contributed by atoms with E-state index < -0.39 is 4.92 Å². The minimum absolute atomic E-state index is 0.00319. The summed E-state index contributed by atoms with van der Waals surface area (Å²) in [6.45, 7) is 2.05. The molecule has 0 spiro atoms. The molecule has 2 aromatic rings. The average molecular weight is 342 g/mol. The minimum Gasteiger partial charge on any atom is -0.326 e. The number of nitro benzene ring substituents is 1. The van der Waals surface area contributed by atoms with Crippen LogP contribution in [0, 0.1) is 17.0 Å². The molecule has 0 fully saturated rings. The van der Waals surface area contributed by atoms with E-state index in [4.69, 9.17) is 11.6 Å². The Balaban J connectivity index is 2.02. The predicted octanol–water partition coefficient (Wildman–Crippen LogP) is 2.81. The number of hydrogen-bond acceptors (Lipinski definition) is 5. The van der Waals surface area contributed by atoms with Crippen LogP contribution in [0.1, 0.15) is 12.1 Å². The molecule has 2 rings (SSSR count). The highest BCUT2D eigenvalue weighted by molar-refractivity contribution is 7.07. The fourth-order valence-corrected chi connectivity index (χ4v) is 2.79. The number of thiazole rings is 1. The summed E-state index contributed by atoms with van der Waals surface area (Å²) in [4.78, 5) is 33.4. The standard InChI is InChI=1S/C13H12ClN3O4S/c1-8-7-22-13(19)16(8)5-4-12(18)15-9-2-3-10(14)11(6-9)17(20)21/h2-3,6-7H,4-5H2,1H3,(H,15,18). The van der Waals surface area contributed by atoms with Gasteiger partial charge in [0, 0.05) is 35.8 Å². The number of carbonyl (C=O) groups excluding carboxylic acids is 1. The zero-order valence-electron chi connectivity index (χ0n) is 11.5. The highest BCUT2D eigenvalue weighted by atomic mass is 35.5. The summed E-state index contributed by atoms with van der Waals surface area (Å²) in [6.07, 6.45) is 0.0912. The Kier molecular flexibility index (Phi) is 4.94. The second kappa shape index (κ2) is 6.71. The first-order chi connectivity index (χ1) is 10.4. The van der Waals surface area contributed by atoms with Crippen molar-refractivity contribution in [3.8, 4) is 0 Å². The van der Waals surface area contributed by atoms with Crippen molar-refractivity contribution >= 4 is 40.2 Å². The molecule has 1 aromatic heterocycles. The summed E-state index contributed by atoms with van der Waals surface area (Å²) in [6, 6.07) is 4.03. The maximum Gasteiger partial charge on any atom is 0.307 e. The molecule has 7 nitrogen and oxygen atoms in total. The lowest BCUT2D eigenvalue weighted by Crippen LogP contribution is -2.20. The van der Waals surface area contributed by atoms with Crippen LogP contribution in [0.4, 0.5) is 11.4 Å². The van der Waals surface area contributed by atoms with E-state index in [9.17, 15) is 19.7 Å². The van der Waals surface area contributed by atoms with E-state index in [-0.39, 0.29) is 40.1 Å². The van der Waals surface area contributed by atoms with Gasteiger partial charge in [-0.2, -0.15) is 0 Å². The summed E-state index contributed by atoms with van der Waals surface area (Å²) in [5.41, 5.74) is 0.810. The summed E-state index contributed by atoms with van der Waals surface area (Å²) in [5.74, 6) is -0.339. The van der Waals surface area contributed by atoms with E-state index in [0.717, 1.165) is 17.0 Å². The van der Waals surface area contributed by atoms with Crippen LogP contribution in [0.25, 0.3) is 0 Å². The molecule has 9 heteroatoms. The van der Waals surface area contributed by atoms with Crippen molar-refractivity contribution in [1.29, 1.82) is 0 Å². The fraction of sp³-hybridized carbons (Fsp3) is 0.231. The number of aromatic nitrogens is 1. The van der Waals surface area contributed by atoms with Gasteiger partial charge in [-0.3, -0.25) is 19.7 Å². The molecule has 1 aromatic carbocycles. The molecule has 0 saturated heterocycles. The van der Waals surface area contributed by atoms with Crippen LogP contribution in [-0.4, -0.2) is 15.4 Å². The Labute approximate surface area is 134 Å². The van der Waals surface area contributed by atoms with Crippen molar-refractivity contribution in [3.63, 3.8) is 0 Å². The molecular formula is C13H12ClN3O4S. The molecule has 1 N–H and O–H groups in total. The molecule has 0 bridgehead atoms. The third kappa shape index (κ3) is 3.71. The van der Waals surface area contributed by atoms with Gasteiger partial charge < -0.3 is 9.88 Å². The van der Waals surface area contributed by atoms with E-state index in [1.165, 1.54) is 22.8 Å². The van der Waals surface area contributed by atoms with E-state index in [1.807, 2.05) is 0 Å². The van der Waals surface area contributed by atoms with E-state index in [2.05, 4.69) is 5.32 Å². The second-order valence-electron chi connectivity index (χ2n) is 4.52. The Hall–Kier alpha value is -2.19. The zero-order chi connectivity index (χ0) is 16.3. The third-order valence-corrected chi connectivity index (χ3v) is 4.17. The van der Waals surface area contributed by atoms with Crippen LogP contribution in [-0.2, 0) is 11.3 Å². The van der Waals surface area contributed by atoms with Gasteiger partial charge in [-0.1, -0.05) is 22.9 Å². The largest absolute Gasteiger partial charge is 0.326 e. The molecule has 116 valence electrons. The molecule has 0 aliphatic rings. The zero-order valence-corrected chi connectivity index (χ0v) is 13.1. The monoisotopic (exact) mass is 341 g/mol. The minimum atomic E-state index is -0.619. The fourth-order valence-electron chi connectivity index (χ4n) is 1.84. The number of benzene rings is 1. The van der Waals surface area contributed by atoms with Crippen LogP contribution in [0.5, 0.6) is 0 Å². The lowest BCUT2D eigenvalue weighted by molar-refractivity contribution is -0.384. The summed E-state index contributed by atoms with van der Waals surface area (Å²) < 4.78 is 1.51. The van der Waals surface area contributed by atoms with E-state index >= 15 is 0 Å². The van der Waals surface area contributed by atoms with Crippen LogP contribution in [0.15, 0.2) is 28.4 Å². The first-order valence-corrected chi connectivity index (χ1v) is 7.53. The molecule has 0 aliphatic carbocycles. The SMILES string of the molecule is Cc1csc(=O)n1CCC(=O)Nc1ccc(Cl)c([N+](=O)[O-])c1. The van der Waals surface area contributed by atoms with Crippen molar-refractivity contribution in [1.82, 2.24) is 4.57 Å². The summed E-state index contributed by atoms with van der Waals surface area (Å²) >= 11 is 6.78. The number of nitro groups is 1. The van der Waals surface area contributed by atoms with Crippen molar-refractivity contribution in [2.45, 2.75) is 19.9 Å². The Morgan fingerprint density at radius 1 is 1.50 bits per heavy atom. The van der Waals surface area contributed by atoms with Crippen molar-refractivity contribution in [2.75, 3.05) is 5.32 Å². The summed E-state index contributed by atoms with van der Waals surface area (Å²) in [7, 11) is 0. The van der Waals surface area contributed by atoms with Gasteiger partial charge in [0.1, 0.15) is 5.02 Å². The number of anilines is 1. The van der Waals surface area contributed by atoms with E-state index in [0.29, 0.717) is 0 Å².